The van der Waals surface area contributed by atoms with Crippen LogP contribution in [0, 0.1) is 19.8 Å². The molecule has 0 aromatic heterocycles. The topological polar surface area (TPSA) is 9.23 Å². The zero-order chi connectivity index (χ0) is 11.4. The average Bonchev–Trinajstić information content (AvgIpc) is 2.22. The maximum atomic E-state index is 5.72. The molecular formula is C12H16BrClO. The highest BCUT2D eigenvalue weighted by Crippen LogP contribution is 2.26. The van der Waals surface area contributed by atoms with Crippen LogP contribution >= 0.6 is 27.5 Å². The molecule has 0 N–H and O–H groups in total. The lowest BCUT2D eigenvalue weighted by molar-refractivity contribution is 0.272. The summed E-state index contributed by atoms with van der Waals surface area (Å²) in [5, 5.41) is 0. The van der Waals surface area contributed by atoms with Gasteiger partial charge in [0.2, 0.25) is 0 Å². The van der Waals surface area contributed by atoms with Crippen LogP contribution in [0.5, 0.6) is 5.75 Å². The van der Waals surface area contributed by atoms with Gasteiger partial charge in [0.25, 0.3) is 0 Å². The van der Waals surface area contributed by atoms with E-state index in [2.05, 4.69) is 36.7 Å². The van der Waals surface area contributed by atoms with Crippen molar-refractivity contribution in [3.8, 4) is 5.75 Å². The summed E-state index contributed by atoms with van der Waals surface area (Å²) in [7, 11) is 0. The lowest BCUT2D eigenvalue weighted by Crippen LogP contribution is -2.09. The molecule has 0 spiro atoms. The Balaban J connectivity index is 2.70. The summed E-state index contributed by atoms with van der Waals surface area (Å²) in [6.45, 7) is 6.87. The number of rotatable bonds is 4. The predicted molar refractivity (Wildman–Crippen MR) is 69.0 cm³/mol. The van der Waals surface area contributed by atoms with E-state index in [1.54, 1.807) is 0 Å². The SMILES string of the molecule is Cc1cc(OCC(C)CCl)cc(C)c1Br. The first-order chi connectivity index (χ1) is 7.04. The van der Waals surface area contributed by atoms with Gasteiger partial charge in [-0.05, 0) is 37.1 Å². The fourth-order valence-corrected chi connectivity index (χ4v) is 1.59. The summed E-state index contributed by atoms with van der Waals surface area (Å²) in [6.07, 6.45) is 0. The molecule has 0 heterocycles. The second-order valence-corrected chi connectivity index (χ2v) is 5.04. The maximum absolute atomic E-state index is 5.72. The highest BCUT2D eigenvalue weighted by Gasteiger charge is 2.05. The fraction of sp³-hybridized carbons (Fsp3) is 0.500. The molecule has 0 bridgehead atoms. The van der Waals surface area contributed by atoms with Crippen molar-refractivity contribution in [2.75, 3.05) is 12.5 Å². The first kappa shape index (κ1) is 12.9. The molecule has 0 aliphatic carbocycles. The highest BCUT2D eigenvalue weighted by atomic mass is 79.9. The third-order valence-corrected chi connectivity index (χ3v) is 3.99. The van der Waals surface area contributed by atoms with Gasteiger partial charge < -0.3 is 4.74 Å². The van der Waals surface area contributed by atoms with E-state index in [0.29, 0.717) is 18.4 Å². The second kappa shape index (κ2) is 5.76. The van der Waals surface area contributed by atoms with E-state index in [1.165, 1.54) is 11.1 Å². The van der Waals surface area contributed by atoms with Crippen LogP contribution in [-0.2, 0) is 0 Å². The van der Waals surface area contributed by atoms with E-state index in [9.17, 15) is 0 Å². The van der Waals surface area contributed by atoms with Gasteiger partial charge >= 0.3 is 0 Å². The predicted octanol–water partition coefficient (Wildman–Crippen LogP) is 4.32. The zero-order valence-electron chi connectivity index (χ0n) is 9.31. The number of hydrogen-bond acceptors (Lipinski definition) is 1. The van der Waals surface area contributed by atoms with Gasteiger partial charge in [0.1, 0.15) is 5.75 Å². The van der Waals surface area contributed by atoms with Gasteiger partial charge in [-0.1, -0.05) is 22.9 Å². The van der Waals surface area contributed by atoms with Crippen LogP contribution in [0.2, 0.25) is 0 Å². The number of benzene rings is 1. The first-order valence-corrected chi connectivity index (χ1v) is 6.33. The molecule has 0 saturated heterocycles. The summed E-state index contributed by atoms with van der Waals surface area (Å²) in [5.41, 5.74) is 2.40. The van der Waals surface area contributed by atoms with Gasteiger partial charge in [-0.15, -0.1) is 11.6 Å². The van der Waals surface area contributed by atoms with Crippen LogP contribution in [0.1, 0.15) is 18.1 Å². The normalized spacial score (nSPS) is 12.6. The van der Waals surface area contributed by atoms with Crippen LogP contribution < -0.4 is 4.74 Å². The minimum Gasteiger partial charge on any atom is -0.493 e. The Morgan fingerprint density at radius 1 is 1.33 bits per heavy atom. The number of ether oxygens (including phenoxy) is 1. The monoisotopic (exact) mass is 290 g/mol. The van der Waals surface area contributed by atoms with E-state index >= 15 is 0 Å². The molecule has 1 nitrogen and oxygen atoms in total. The summed E-state index contributed by atoms with van der Waals surface area (Å²) >= 11 is 9.25. The molecule has 1 rings (SSSR count). The molecular weight excluding hydrogens is 275 g/mol. The third kappa shape index (κ3) is 3.69. The Morgan fingerprint density at radius 3 is 2.33 bits per heavy atom. The molecule has 0 radical (unpaired) electrons. The van der Waals surface area contributed by atoms with Crippen molar-refractivity contribution in [3.63, 3.8) is 0 Å². The van der Waals surface area contributed by atoms with Crippen LogP contribution in [-0.4, -0.2) is 12.5 Å². The van der Waals surface area contributed by atoms with E-state index in [4.69, 9.17) is 16.3 Å². The third-order valence-electron chi connectivity index (χ3n) is 2.21. The van der Waals surface area contributed by atoms with E-state index < -0.39 is 0 Å². The molecule has 84 valence electrons. The second-order valence-electron chi connectivity index (χ2n) is 3.94. The van der Waals surface area contributed by atoms with Crippen molar-refractivity contribution in [2.45, 2.75) is 20.8 Å². The van der Waals surface area contributed by atoms with Crippen LogP contribution in [0.3, 0.4) is 0 Å². The number of hydrogen-bond donors (Lipinski definition) is 0. The van der Waals surface area contributed by atoms with E-state index in [0.717, 1.165) is 10.2 Å². The van der Waals surface area contributed by atoms with Crippen molar-refractivity contribution in [3.05, 3.63) is 27.7 Å². The van der Waals surface area contributed by atoms with Gasteiger partial charge in [-0.3, -0.25) is 0 Å². The van der Waals surface area contributed by atoms with Crippen LogP contribution in [0.15, 0.2) is 16.6 Å². The molecule has 15 heavy (non-hydrogen) atoms. The standard InChI is InChI=1S/C12H16BrClO/c1-8(6-14)7-15-11-4-9(2)12(13)10(3)5-11/h4-5,8H,6-7H2,1-3H3. The summed E-state index contributed by atoms with van der Waals surface area (Å²) in [5.74, 6) is 1.94. The van der Waals surface area contributed by atoms with Gasteiger partial charge in [0.05, 0.1) is 6.61 Å². The largest absolute Gasteiger partial charge is 0.493 e. The average molecular weight is 292 g/mol. The Hall–Kier alpha value is -0.210. The smallest absolute Gasteiger partial charge is 0.119 e. The van der Waals surface area contributed by atoms with Crippen LogP contribution in [0.4, 0.5) is 0 Å². The highest BCUT2D eigenvalue weighted by molar-refractivity contribution is 9.10. The Morgan fingerprint density at radius 2 is 1.87 bits per heavy atom. The summed E-state index contributed by atoms with van der Waals surface area (Å²) in [4.78, 5) is 0. The molecule has 0 aliphatic heterocycles. The minimum absolute atomic E-state index is 0.385. The molecule has 1 aromatic rings. The molecule has 1 aromatic carbocycles. The van der Waals surface area contributed by atoms with Crippen molar-refractivity contribution in [2.24, 2.45) is 5.92 Å². The molecule has 0 saturated carbocycles. The van der Waals surface area contributed by atoms with Gasteiger partial charge in [0.15, 0.2) is 0 Å². The van der Waals surface area contributed by atoms with Crippen molar-refractivity contribution < 1.29 is 4.74 Å². The molecule has 3 heteroatoms. The van der Waals surface area contributed by atoms with Gasteiger partial charge in [-0.2, -0.15) is 0 Å². The molecule has 1 unspecified atom stereocenters. The quantitative estimate of drug-likeness (QED) is 0.751. The first-order valence-electron chi connectivity index (χ1n) is 5.00. The summed E-state index contributed by atoms with van der Waals surface area (Å²) < 4.78 is 6.82. The Kier molecular flexibility index (Phi) is 4.94. The number of aryl methyl sites for hydroxylation is 2. The summed E-state index contributed by atoms with van der Waals surface area (Å²) in [6, 6.07) is 4.08. The molecule has 0 fully saturated rings. The lowest BCUT2D eigenvalue weighted by atomic mass is 10.1. The number of halogens is 2. The Labute approximate surface area is 105 Å². The van der Waals surface area contributed by atoms with E-state index in [1.807, 2.05) is 12.1 Å². The fourth-order valence-electron chi connectivity index (χ4n) is 1.27. The number of alkyl halides is 1. The van der Waals surface area contributed by atoms with Crippen molar-refractivity contribution in [1.82, 2.24) is 0 Å². The Bertz CT molecular complexity index is 315. The maximum Gasteiger partial charge on any atom is 0.119 e. The van der Waals surface area contributed by atoms with Crippen molar-refractivity contribution in [1.29, 1.82) is 0 Å². The molecule has 0 amide bonds. The minimum atomic E-state index is 0.385. The zero-order valence-corrected chi connectivity index (χ0v) is 11.7. The lowest BCUT2D eigenvalue weighted by Gasteiger charge is -2.12. The van der Waals surface area contributed by atoms with E-state index in [-0.39, 0.29) is 0 Å². The van der Waals surface area contributed by atoms with Gasteiger partial charge in [-0.25, -0.2) is 0 Å². The van der Waals surface area contributed by atoms with Crippen LogP contribution in [0.25, 0.3) is 0 Å². The molecule has 1 atom stereocenters. The molecule has 0 aliphatic rings. The van der Waals surface area contributed by atoms with Gasteiger partial charge in [0, 0.05) is 16.3 Å². The van der Waals surface area contributed by atoms with Crippen molar-refractivity contribution >= 4 is 27.5 Å².